The van der Waals surface area contributed by atoms with Gasteiger partial charge in [0.15, 0.2) is 5.78 Å². The van der Waals surface area contributed by atoms with Crippen LogP contribution in [0.3, 0.4) is 0 Å². The van der Waals surface area contributed by atoms with Crippen molar-refractivity contribution in [3.63, 3.8) is 0 Å². The molecule has 0 spiro atoms. The lowest BCUT2D eigenvalue weighted by molar-refractivity contribution is -0.134. The average molecular weight is 1280 g/mol. The summed E-state index contributed by atoms with van der Waals surface area (Å²) in [5.41, 5.74) is 15.4. The van der Waals surface area contributed by atoms with Crippen molar-refractivity contribution in [3.8, 4) is 49.1 Å². The maximum absolute atomic E-state index is 15.2. The third-order valence-corrected chi connectivity index (χ3v) is 20.9. The van der Waals surface area contributed by atoms with E-state index in [1.54, 1.807) is 71.1 Å². The first-order valence-corrected chi connectivity index (χ1v) is 32.7. The van der Waals surface area contributed by atoms with Gasteiger partial charge in [-0.2, -0.15) is 0 Å². The predicted octanol–water partition coefficient (Wildman–Crippen LogP) is 6.80. The van der Waals surface area contributed by atoms with Crippen LogP contribution >= 0.6 is 68.0 Å². The summed E-state index contributed by atoms with van der Waals surface area (Å²) in [4.78, 5) is 123. The van der Waals surface area contributed by atoms with Crippen molar-refractivity contribution in [2.24, 2.45) is 11.7 Å². The van der Waals surface area contributed by atoms with Crippen LogP contribution in [-0.4, -0.2) is 140 Å². The lowest BCUT2D eigenvalue weighted by Gasteiger charge is -2.29. The molecule has 7 aromatic heterocycles. The minimum absolute atomic E-state index is 0.00221. The van der Waals surface area contributed by atoms with Gasteiger partial charge in [-0.05, 0) is 42.3 Å². The minimum Gasteiger partial charge on any atom is -0.506 e. The van der Waals surface area contributed by atoms with Gasteiger partial charge in [-0.3, -0.25) is 28.8 Å². The highest BCUT2D eigenvalue weighted by molar-refractivity contribution is 7.15. The highest BCUT2D eigenvalue weighted by atomic mass is 32.1. The molecule has 12 rings (SSSR count). The number of nitrogens with zero attached hydrogens (tertiary/aromatic N) is 9. The number of hydrogen-bond acceptors (Lipinski definition) is 24. The van der Waals surface area contributed by atoms with Gasteiger partial charge in [-0.25, -0.2) is 34.9 Å². The van der Waals surface area contributed by atoms with E-state index in [1.165, 1.54) is 67.8 Å². The number of nitrogens with two attached hydrogens (primary N) is 2. The quantitative estimate of drug-likeness (QED) is 0.0572. The first-order chi connectivity index (χ1) is 41.9. The fraction of sp³-hybridized carbons (Fsp3) is 0.293. The Hall–Kier alpha value is -8.13. The number of anilines is 1. The number of aromatic hydroxyl groups is 1. The lowest BCUT2D eigenvalue weighted by atomic mass is 9.90. The highest BCUT2D eigenvalue weighted by Gasteiger charge is 2.46. The number of carbonyl (C=O) groups is 6. The van der Waals surface area contributed by atoms with Gasteiger partial charge in [0.25, 0.3) is 17.7 Å². The fourth-order valence-electron chi connectivity index (χ4n) is 10.7. The number of piperazine rings is 1. The zero-order valence-corrected chi connectivity index (χ0v) is 51.2. The largest absolute Gasteiger partial charge is 0.506 e. The molecular formula is C58H54N14O9S6. The molecular weight excluding hydrogens is 1230 g/mol. The molecule has 2 fully saturated rings. The predicted molar refractivity (Wildman–Crippen MR) is 331 cm³/mol. The molecule has 7 atom stereocenters. The number of phenolic OH excluding ortho intramolecular Hbond substituents is 1. The number of ketones is 1. The summed E-state index contributed by atoms with van der Waals surface area (Å²) in [6, 6.07) is 13.6. The monoisotopic (exact) mass is 1280 g/mol. The SMILES string of the molecule is Cc1sc2nc1C(=O)C[C@@H]([C@H](O)c1ccccc1)c1nc(cs1)C(=O)N[C@@H](Cc1ccc(O)c(N)c1)C(=O)N1C[C@H](O)[C@H](C)[C@H]1c1nc(cs1)-c1nc(cs1)-c1nc(-c3nc(C(=O)N4CCNCC4)cs3)ccc1-c1nc(cs1)C(=O)N[C@H]2CC(N)=O. The summed E-state index contributed by atoms with van der Waals surface area (Å²) in [5.74, 6) is -5.10. The molecule has 9 aromatic rings. The number of thiazole rings is 6. The smallest absolute Gasteiger partial charge is 0.273 e. The Balaban J connectivity index is 0.955. The highest BCUT2D eigenvalue weighted by Crippen LogP contribution is 2.43. The second kappa shape index (κ2) is 24.9. The molecule has 3 aliphatic rings. The Labute approximate surface area is 520 Å². The number of fused-ring (bicyclic) bond motifs is 16. The van der Waals surface area contributed by atoms with Crippen LogP contribution in [0.4, 0.5) is 5.69 Å². The molecule has 2 aromatic carbocycles. The van der Waals surface area contributed by atoms with Crippen LogP contribution in [-0.2, 0) is 16.0 Å². The number of hydrogen-bond donors (Lipinski definition) is 8. The van der Waals surface area contributed by atoms with Crippen molar-refractivity contribution in [1.29, 1.82) is 0 Å². The molecule has 3 aliphatic heterocycles. The number of primary amides is 1. The summed E-state index contributed by atoms with van der Waals surface area (Å²) >= 11 is 7.13. The maximum atomic E-state index is 15.2. The van der Waals surface area contributed by atoms with Crippen LogP contribution in [0.15, 0.2) is 87.6 Å². The van der Waals surface area contributed by atoms with E-state index in [2.05, 4.69) is 16.0 Å². The summed E-state index contributed by atoms with van der Waals surface area (Å²) in [7, 11) is 0. The van der Waals surface area contributed by atoms with Crippen molar-refractivity contribution < 1.29 is 44.1 Å². The zero-order valence-electron chi connectivity index (χ0n) is 46.3. The maximum Gasteiger partial charge on any atom is 0.273 e. The summed E-state index contributed by atoms with van der Waals surface area (Å²) < 4.78 is 0. The Kier molecular flexibility index (Phi) is 17.0. The molecule has 5 amide bonds. The van der Waals surface area contributed by atoms with Gasteiger partial charge < -0.3 is 52.5 Å². The number of pyridine rings is 1. The number of aromatic nitrogens is 7. The third kappa shape index (κ3) is 12.3. The molecule has 29 heteroatoms. The number of carbonyl (C=O) groups excluding carboxylic acids is 6. The number of aliphatic hydroxyl groups is 2. The van der Waals surface area contributed by atoms with Crippen LogP contribution in [0.1, 0.15) is 117 Å². The van der Waals surface area contributed by atoms with Gasteiger partial charge in [0.1, 0.15) is 76.7 Å². The van der Waals surface area contributed by atoms with E-state index in [-0.39, 0.29) is 70.2 Å². The van der Waals surface area contributed by atoms with Crippen LogP contribution in [0.25, 0.3) is 43.4 Å². The molecule has 10 bridgehead atoms. The van der Waals surface area contributed by atoms with Crippen molar-refractivity contribution in [3.05, 3.63) is 141 Å². The lowest BCUT2D eigenvalue weighted by Crippen LogP contribution is -2.50. The first-order valence-electron chi connectivity index (χ1n) is 27.4. The topological polar surface area (TPSA) is 348 Å². The van der Waals surface area contributed by atoms with E-state index in [1.807, 2.05) is 17.7 Å². The van der Waals surface area contributed by atoms with E-state index in [4.69, 9.17) is 46.4 Å². The number of benzene rings is 2. The van der Waals surface area contributed by atoms with Crippen LogP contribution in [0.5, 0.6) is 5.75 Å². The number of rotatable bonds is 8. The Morgan fingerprint density at radius 2 is 1.39 bits per heavy atom. The number of amides is 5. The third-order valence-electron chi connectivity index (χ3n) is 15.3. The van der Waals surface area contributed by atoms with E-state index in [0.29, 0.717) is 96.2 Å². The van der Waals surface area contributed by atoms with E-state index < -0.39 is 71.6 Å². The van der Waals surface area contributed by atoms with Gasteiger partial charge in [0.05, 0.1) is 47.1 Å². The summed E-state index contributed by atoms with van der Waals surface area (Å²) in [6.45, 7) is 5.85. The zero-order chi connectivity index (χ0) is 60.8. The normalized spacial score (nSPS) is 20.6. The summed E-state index contributed by atoms with van der Waals surface area (Å²) in [6.07, 6.45) is -3.10. The van der Waals surface area contributed by atoms with Crippen LogP contribution in [0.2, 0.25) is 0 Å². The van der Waals surface area contributed by atoms with Crippen LogP contribution < -0.4 is 27.4 Å². The van der Waals surface area contributed by atoms with E-state index in [9.17, 15) is 39.3 Å². The molecule has 0 unspecified atom stereocenters. The molecule has 10 N–H and O–H groups in total. The number of Topliss-reactive ketones (excluding diaryl/α,β-unsaturated/α-hetero) is 1. The Morgan fingerprint density at radius 1 is 0.724 bits per heavy atom. The van der Waals surface area contributed by atoms with Gasteiger partial charge in [-0.1, -0.05) is 43.3 Å². The van der Waals surface area contributed by atoms with Crippen molar-refractivity contribution in [1.82, 2.24) is 60.6 Å². The molecule has 0 radical (unpaired) electrons. The number of nitrogens with one attached hydrogen (secondary N) is 3. The average Bonchev–Trinajstić information content (AvgIpc) is 2.28. The van der Waals surface area contributed by atoms with E-state index in [0.717, 1.165) is 22.7 Å². The molecule has 0 aliphatic carbocycles. The molecule has 446 valence electrons. The standard InChI is InChI=1S/C58H54N14O9S6/c1-26-43(75)20-72-47(26)56-68-39(24-86-56)54-65-36(21-84-54)46-30(9-10-33(62-46)53-69-40(25-85-53)57(80)71-14-12-61-13-15-71)51-66-37(22-82-51)49(78)63-34(19-44(60)76)55-70-45(27(2)87-55)42(74)18-31(48(77)29-6-4-3-5-7-29)52-67-38(23-83-52)50(79)64-35(58(72)81)17-28-8-11-41(73)32(59)16-28/h3-11,16,21-26,31,34-35,43,47-48,61,73,75,77H,12-15,17-20,59H2,1-2H3,(H2,60,76)(H,63,78)(H,64,79)/t26-,31-,34-,35-,43-,47-,48+/m0/s1. The van der Waals surface area contributed by atoms with Gasteiger partial charge >= 0.3 is 0 Å². The van der Waals surface area contributed by atoms with Crippen LogP contribution in [0, 0.1) is 12.8 Å². The molecule has 87 heavy (non-hydrogen) atoms. The van der Waals surface area contributed by atoms with E-state index >= 15 is 4.79 Å². The van der Waals surface area contributed by atoms with Crippen molar-refractivity contribution >= 4 is 109 Å². The molecule has 10 heterocycles. The molecule has 0 saturated carbocycles. The minimum atomic E-state index is -1.31. The number of nitrogen functional groups attached to an aromatic ring is 1. The van der Waals surface area contributed by atoms with Crippen molar-refractivity contribution in [2.45, 2.75) is 69.4 Å². The number of aliphatic hydroxyl groups excluding tert-OH is 2. The fourth-order valence-corrected chi connectivity index (χ4v) is 16.1. The number of phenols is 1. The summed E-state index contributed by atoms with van der Waals surface area (Å²) in [5, 5.41) is 53.6. The Morgan fingerprint density at radius 3 is 2.16 bits per heavy atom. The number of aryl methyl sites for hydroxylation is 1. The van der Waals surface area contributed by atoms with Gasteiger partial charge in [0, 0.05) is 94.7 Å². The van der Waals surface area contributed by atoms with Gasteiger partial charge in [0.2, 0.25) is 11.8 Å². The Bertz CT molecular complexity index is 4110. The second-order valence-corrected chi connectivity index (χ2v) is 26.7. The molecule has 23 nitrogen and oxygen atoms in total. The molecule has 2 saturated heterocycles. The second-order valence-electron chi connectivity index (χ2n) is 21.1. The van der Waals surface area contributed by atoms with Crippen molar-refractivity contribution in [2.75, 3.05) is 38.5 Å². The first kappa shape index (κ1) is 59.2. The van der Waals surface area contributed by atoms with Gasteiger partial charge in [-0.15, -0.1) is 68.0 Å².